The summed E-state index contributed by atoms with van der Waals surface area (Å²) in [6.45, 7) is 2.63. The zero-order chi connectivity index (χ0) is 53.2. The second kappa shape index (κ2) is 44.1. The molecular formula is C59H99NO13. The summed E-state index contributed by atoms with van der Waals surface area (Å²) in [6, 6.07) is -0.836. The molecule has 0 aromatic carbocycles. The molecule has 0 aliphatic carbocycles. The van der Waals surface area contributed by atoms with Crippen molar-refractivity contribution in [3.63, 3.8) is 0 Å². The number of unbranched alkanes of at least 4 members (excludes halogenated alkanes) is 13. The summed E-state index contributed by atoms with van der Waals surface area (Å²) in [4.78, 5) is 13.1. The number of nitrogens with one attached hydrogen (secondary N) is 1. The van der Waals surface area contributed by atoms with E-state index in [1.165, 1.54) is 25.7 Å². The number of carbonyl (C=O) groups is 1. The van der Waals surface area contributed by atoms with Crippen molar-refractivity contribution in [3.05, 3.63) is 97.2 Å². The smallest absolute Gasteiger partial charge is 0.220 e. The maximum Gasteiger partial charge on any atom is 0.220 e. The third-order valence-corrected chi connectivity index (χ3v) is 13.1. The summed E-state index contributed by atoms with van der Waals surface area (Å²) in [5, 5.41) is 86.6. The van der Waals surface area contributed by atoms with E-state index in [9.17, 15) is 45.6 Å². The number of carbonyl (C=O) groups excluding carboxylic acids is 1. The largest absolute Gasteiger partial charge is 0.394 e. The molecule has 418 valence electrons. The van der Waals surface area contributed by atoms with Gasteiger partial charge in [-0.2, -0.15) is 0 Å². The highest BCUT2D eigenvalue weighted by Crippen LogP contribution is 2.30. The Morgan fingerprint density at radius 3 is 1.45 bits per heavy atom. The minimum absolute atomic E-state index is 0.226. The van der Waals surface area contributed by atoms with E-state index in [1.54, 1.807) is 0 Å². The summed E-state index contributed by atoms with van der Waals surface area (Å²) in [5.74, 6) is -0.226. The van der Waals surface area contributed by atoms with E-state index in [0.717, 1.165) is 116 Å². The highest BCUT2D eigenvalue weighted by atomic mass is 16.7. The van der Waals surface area contributed by atoms with Crippen molar-refractivity contribution in [1.82, 2.24) is 5.32 Å². The number of rotatable bonds is 42. The minimum atomic E-state index is -1.79. The summed E-state index contributed by atoms with van der Waals surface area (Å²) in [7, 11) is 0. The van der Waals surface area contributed by atoms with E-state index in [-0.39, 0.29) is 18.9 Å². The number of hydrogen-bond acceptors (Lipinski definition) is 13. The highest BCUT2D eigenvalue weighted by molar-refractivity contribution is 5.76. The Balaban J connectivity index is 1.62. The number of aliphatic hydroxyl groups is 8. The maximum absolute atomic E-state index is 13.1. The molecular weight excluding hydrogens is 931 g/mol. The first-order chi connectivity index (χ1) is 35.6. The van der Waals surface area contributed by atoms with Crippen molar-refractivity contribution < 1.29 is 64.6 Å². The van der Waals surface area contributed by atoms with Crippen LogP contribution in [0.15, 0.2) is 97.2 Å². The lowest BCUT2D eigenvalue weighted by atomic mass is 9.97. The van der Waals surface area contributed by atoms with Crippen LogP contribution in [0.1, 0.15) is 174 Å². The molecule has 2 aliphatic rings. The SMILES string of the molecule is CC/C=C\C/C=C\C/C=C\C/C=C\C/C=C\C/C=C\C/C=C\C/C=C\CCCCCCCCCCC(=O)NC(COC1OC(CO)C(OC2OC(CO)C(O)C(O)C2O)C(O)C1O)C(O)CCCCCCCC. The Kier molecular flexibility index (Phi) is 39.9. The van der Waals surface area contributed by atoms with Gasteiger partial charge in [-0.25, -0.2) is 0 Å². The predicted molar refractivity (Wildman–Crippen MR) is 290 cm³/mol. The Labute approximate surface area is 439 Å². The second-order valence-electron chi connectivity index (χ2n) is 19.3. The lowest BCUT2D eigenvalue weighted by Gasteiger charge is -2.46. The molecule has 2 rings (SSSR count). The number of hydrogen-bond donors (Lipinski definition) is 9. The van der Waals surface area contributed by atoms with E-state index in [0.29, 0.717) is 12.8 Å². The number of amides is 1. The second-order valence-corrected chi connectivity index (χ2v) is 19.3. The number of aliphatic hydroxyl groups excluding tert-OH is 8. The molecule has 12 atom stereocenters. The first-order valence-corrected chi connectivity index (χ1v) is 28.0. The van der Waals surface area contributed by atoms with Crippen molar-refractivity contribution in [2.24, 2.45) is 0 Å². The average molecular weight is 1030 g/mol. The first-order valence-electron chi connectivity index (χ1n) is 28.0. The van der Waals surface area contributed by atoms with E-state index in [2.05, 4.69) is 116 Å². The van der Waals surface area contributed by atoms with Gasteiger partial charge < -0.3 is 65.1 Å². The van der Waals surface area contributed by atoms with Crippen LogP contribution in [0.3, 0.4) is 0 Å². The maximum atomic E-state index is 13.1. The average Bonchev–Trinajstić information content (AvgIpc) is 3.39. The molecule has 1 amide bonds. The van der Waals surface area contributed by atoms with Crippen LogP contribution in [0.25, 0.3) is 0 Å². The van der Waals surface area contributed by atoms with Crippen LogP contribution in [0.4, 0.5) is 0 Å². The summed E-state index contributed by atoms with van der Waals surface area (Å²) in [6.07, 6.45) is 43.2. The summed E-state index contributed by atoms with van der Waals surface area (Å²) < 4.78 is 22.7. The molecule has 0 aromatic heterocycles. The predicted octanol–water partition coefficient (Wildman–Crippen LogP) is 8.71. The highest BCUT2D eigenvalue weighted by Gasteiger charge is 2.51. The van der Waals surface area contributed by atoms with Crippen LogP contribution < -0.4 is 5.32 Å². The molecule has 14 heteroatoms. The first kappa shape index (κ1) is 66.0. The number of ether oxygens (including phenoxy) is 4. The van der Waals surface area contributed by atoms with Gasteiger partial charge in [-0.05, 0) is 77.0 Å². The van der Waals surface area contributed by atoms with Gasteiger partial charge in [0.05, 0.1) is 32.0 Å². The van der Waals surface area contributed by atoms with Crippen LogP contribution in [0.5, 0.6) is 0 Å². The normalized spacial score (nSPS) is 26.2. The molecule has 2 fully saturated rings. The van der Waals surface area contributed by atoms with Gasteiger partial charge >= 0.3 is 0 Å². The molecule has 9 N–H and O–H groups in total. The molecule has 0 spiro atoms. The molecule has 12 unspecified atom stereocenters. The standard InChI is InChI=1S/C59H99NO13/c1-3-5-7-9-11-12-13-14-15-16-17-18-19-20-21-22-23-24-25-26-27-28-29-30-31-32-33-34-35-36-37-39-41-43-51(64)60-47(48(63)42-40-38-10-8-6-4-2)46-70-58-56(69)54(67)57(50(45-62)72-58)73-59-55(68)53(66)52(65)49(44-61)71-59/h5,7,11-12,14-15,17-18,20-21,23-24,26-27,29-30,47-50,52-59,61-63,65-69H,3-4,6,8-10,13,16,19,22,25,28,31-46H2,1-2H3,(H,60,64)/b7-5-,12-11-,15-14-,18-17-,21-20-,24-23-,27-26-,30-29-. The van der Waals surface area contributed by atoms with Crippen LogP contribution in [0.2, 0.25) is 0 Å². The van der Waals surface area contributed by atoms with Crippen LogP contribution in [-0.4, -0.2) is 140 Å². The lowest BCUT2D eigenvalue weighted by Crippen LogP contribution is -2.65. The minimum Gasteiger partial charge on any atom is -0.394 e. The van der Waals surface area contributed by atoms with Crippen molar-refractivity contribution in [2.75, 3.05) is 19.8 Å². The third-order valence-electron chi connectivity index (χ3n) is 13.1. The zero-order valence-corrected chi connectivity index (χ0v) is 44.6. The van der Waals surface area contributed by atoms with E-state index in [4.69, 9.17) is 18.9 Å². The van der Waals surface area contributed by atoms with E-state index in [1.807, 2.05) is 0 Å². The number of allylic oxidation sites excluding steroid dienone is 16. The fourth-order valence-electron chi connectivity index (χ4n) is 8.54. The molecule has 2 aliphatic heterocycles. The van der Waals surface area contributed by atoms with Gasteiger partial charge in [0.2, 0.25) is 5.91 Å². The van der Waals surface area contributed by atoms with Gasteiger partial charge in [0, 0.05) is 6.42 Å². The van der Waals surface area contributed by atoms with Crippen molar-refractivity contribution in [1.29, 1.82) is 0 Å². The molecule has 2 saturated heterocycles. The molecule has 2 heterocycles. The van der Waals surface area contributed by atoms with Gasteiger partial charge in [-0.3, -0.25) is 4.79 Å². The topological polar surface area (TPSA) is 228 Å². The van der Waals surface area contributed by atoms with Gasteiger partial charge in [0.1, 0.15) is 48.8 Å². The van der Waals surface area contributed by atoms with Crippen LogP contribution in [0, 0.1) is 0 Å². The van der Waals surface area contributed by atoms with Crippen molar-refractivity contribution in [3.8, 4) is 0 Å². The van der Waals surface area contributed by atoms with Gasteiger partial charge in [-0.15, -0.1) is 0 Å². The van der Waals surface area contributed by atoms with Gasteiger partial charge in [0.15, 0.2) is 12.6 Å². The van der Waals surface area contributed by atoms with E-state index < -0.39 is 86.8 Å². The quantitative estimate of drug-likeness (QED) is 0.0206. The zero-order valence-electron chi connectivity index (χ0n) is 44.6. The fraction of sp³-hybridized carbons (Fsp3) is 0.712. The van der Waals surface area contributed by atoms with Crippen molar-refractivity contribution in [2.45, 2.75) is 248 Å². The van der Waals surface area contributed by atoms with Gasteiger partial charge in [-0.1, -0.05) is 188 Å². The summed E-state index contributed by atoms with van der Waals surface area (Å²) >= 11 is 0. The van der Waals surface area contributed by atoms with Crippen molar-refractivity contribution >= 4 is 5.91 Å². The molecule has 0 aromatic rings. The molecule has 14 nitrogen and oxygen atoms in total. The molecule has 73 heavy (non-hydrogen) atoms. The molecule has 0 radical (unpaired) electrons. The van der Waals surface area contributed by atoms with Crippen LogP contribution >= 0.6 is 0 Å². The molecule has 0 saturated carbocycles. The third kappa shape index (κ3) is 30.3. The Morgan fingerprint density at radius 1 is 0.507 bits per heavy atom. The Hall–Kier alpha value is -3.09. The lowest BCUT2D eigenvalue weighted by molar-refractivity contribution is -0.359. The van der Waals surface area contributed by atoms with Crippen LogP contribution in [-0.2, 0) is 23.7 Å². The fourth-order valence-corrected chi connectivity index (χ4v) is 8.54. The van der Waals surface area contributed by atoms with E-state index >= 15 is 0 Å². The van der Waals surface area contributed by atoms with Gasteiger partial charge in [0.25, 0.3) is 0 Å². The Morgan fingerprint density at radius 2 is 0.945 bits per heavy atom. The Bertz CT molecular complexity index is 1590. The molecule has 0 bridgehead atoms. The monoisotopic (exact) mass is 1030 g/mol. The summed E-state index contributed by atoms with van der Waals surface area (Å²) in [5.41, 5.74) is 0.